The molecule has 2 amide bonds. The molecule has 28 heavy (non-hydrogen) atoms. The maximum Gasteiger partial charge on any atom is 0.285 e. The Balaban J connectivity index is 1.76. The first kappa shape index (κ1) is 19.7. The number of benzene rings is 2. The summed E-state index contributed by atoms with van der Waals surface area (Å²) in [5.74, 6) is 0.000760. The molecule has 0 spiro atoms. The summed E-state index contributed by atoms with van der Waals surface area (Å²) in [6, 6.07) is 11.2. The van der Waals surface area contributed by atoms with Crippen LogP contribution in [0.1, 0.15) is 15.9 Å². The first-order chi connectivity index (χ1) is 13.4. The Labute approximate surface area is 170 Å². The number of nitrogens with one attached hydrogen (secondary N) is 1. The number of hydrogen-bond donors (Lipinski definition) is 2. The number of rotatable bonds is 5. The Bertz CT molecular complexity index is 973. The summed E-state index contributed by atoms with van der Waals surface area (Å²) in [6.45, 7) is 0. The smallest absolute Gasteiger partial charge is 0.285 e. The fraction of sp³-hybridized carbons (Fsp3) is 0.105. The Morgan fingerprint density at radius 1 is 1.18 bits per heavy atom. The van der Waals surface area contributed by atoms with Crippen molar-refractivity contribution in [2.75, 3.05) is 14.2 Å². The van der Waals surface area contributed by atoms with E-state index < -0.39 is 11.8 Å². The molecule has 1 fully saturated rings. The standard InChI is InChI=1S/C19H16N2O5S2/c1-25-13-6-4-12(5-7-13)17(23)20-21-18(24)16(28-19(21)27)10-11-3-8-14(22)15(9-11)26-2/h3-10,22H,1-2H3,(H,20,23)/b16-10+. The monoisotopic (exact) mass is 416 g/mol. The van der Waals surface area contributed by atoms with Crippen molar-refractivity contribution in [2.24, 2.45) is 0 Å². The molecule has 0 saturated carbocycles. The zero-order valence-corrected chi connectivity index (χ0v) is 16.6. The van der Waals surface area contributed by atoms with Gasteiger partial charge in [0.05, 0.1) is 19.1 Å². The largest absolute Gasteiger partial charge is 0.504 e. The lowest BCUT2D eigenvalue weighted by atomic mass is 10.2. The number of methoxy groups -OCH3 is 2. The van der Waals surface area contributed by atoms with Crippen LogP contribution in [0.25, 0.3) is 6.08 Å². The van der Waals surface area contributed by atoms with Crippen molar-refractivity contribution in [2.45, 2.75) is 0 Å². The average molecular weight is 416 g/mol. The number of thioether (sulfide) groups is 1. The molecule has 2 aromatic rings. The third-order valence-electron chi connectivity index (χ3n) is 3.86. The second-order valence-electron chi connectivity index (χ2n) is 5.62. The van der Waals surface area contributed by atoms with Crippen LogP contribution in [-0.4, -0.2) is 40.5 Å². The van der Waals surface area contributed by atoms with Crippen LogP contribution in [0.15, 0.2) is 47.4 Å². The lowest BCUT2D eigenvalue weighted by molar-refractivity contribution is -0.123. The number of ether oxygens (including phenoxy) is 2. The zero-order chi connectivity index (χ0) is 20.3. The van der Waals surface area contributed by atoms with Crippen molar-refractivity contribution >= 4 is 46.2 Å². The van der Waals surface area contributed by atoms with Crippen molar-refractivity contribution < 1.29 is 24.2 Å². The third-order valence-corrected chi connectivity index (χ3v) is 5.16. The molecule has 0 radical (unpaired) electrons. The lowest BCUT2D eigenvalue weighted by Gasteiger charge is -2.15. The summed E-state index contributed by atoms with van der Waals surface area (Å²) in [7, 11) is 2.97. The van der Waals surface area contributed by atoms with E-state index in [1.165, 1.54) is 20.3 Å². The number of aromatic hydroxyl groups is 1. The van der Waals surface area contributed by atoms with Crippen LogP contribution in [0.5, 0.6) is 17.2 Å². The van der Waals surface area contributed by atoms with Crippen LogP contribution in [-0.2, 0) is 4.79 Å². The van der Waals surface area contributed by atoms with Crippen LogP contribution >= 0.6 is 24.0 Å². The Kier molecular flexibility index (Phi) is 5.86. The minimum atomic E-state index is -0.466. The summed E-state index contributed by atoms with van der Waals surface area (Å²) in [6.07, 6.45) is 1.61. The number of nitrogens with zero attached hydrogens (tertiary/aromatic N) is 1. The molecule has 7 nitrogen and oxygen atoms in total. The van der Waals surface area contributed by atoms with Crippen LogP contribution < -0.4 is 14.9 Å². The first-order valence-corrected chi connectivity index (χ1v) is 9.25. The molecule has 144 valence electrons. The lowest BCUT2D eigenvalue weighted by Crippen LogP contribution is -2.44. The molecule has 0 unspecified atom stereocenters. The Morgan fingerprint density at radius 2 is 1.89 bits per heavy atom. The summed E-state index contributed by atoms with van der Waals surface area (Å²) < 4.78 is 10.3. The fourth-order valence-corrected chi connectivity index (χ4v) is 3.59. The number of thiocarbonyl (C=S) groups is 1. The van der Waals surface area contributed by atoms with Gasteiger partial charge in [-0.15, -0.1) is 0 Å². The average Bonchev–Trinajstić information content (AvgIpc) is 2.96. The van der Waals surface area contributed by atoms with Crippen LogP contribution in [0.2, 0.25) is 0 Å². The molecular formula is C19H16N2O5S2. The highest BCUT2D eigenvalue weighted by Gasteiger charge is 2.33. The number of phenolic OH excluding ortho intramolecular Hbond substituents is 1. The van der Waals surface area contributed by atoms with E-state index >= 15 is 0 Å². The molecule has 1 saturated heterocycles. The van der Waals surface area contributed by atoms with E-state index in [2.05, 4.69) is 5.43 Å². The van der Waals surface area contributed by atoms with Gasteiger partial charge in [-0.3, -0.25) is 15.0 Å². The molecule has 3 rings (SSSR count). The minimum Gasteiger partial charge on any atom is -0.504 e. The maximum atomic E-state index is 12.6. The Morgan fingerprint density at radius 3 is 2.54 bits per heavy atom. The molecule has 1 heterocycles. The van der Waals surface area contributed by atoms with Gasteiger partial charge in [0.2, 0.25) is 0 Å². The topological polar surface area (TPSA) is 88.1 Å². The third kappa shape index (κ3) is 4.10. The van der Waals surface area contributed by atoms with Gasteiger partial charge in [-0.1, -0.05) is 17.8 Å². The van der Waals surface area contributed by atoms with Gasteiger partial charge >= 0.3 is 0 Å². The molecule has 0 atom stereocenters. The van der Waals surface area contributed by atoms with Gasteiger partial charge in [0.25, 0.3) is 11.8 Å². The van der Waals surface area contributed by atoms with E-state index in [4.69, 9.17) is 21.7 Å². The maximum absolute atomic E-state index is 12.6. The van der Waals surface area contributed by atoms with E-state index in [0.717, 1.165) is 16.8 Å². The van der Waals surface area contributed by atoms with Crippen molar-refractivity contribution in [3.63, 3.8) is 0 Å². The van der Waals surface area contributed by atoms with Gasteiger partial charge in [-0.25, -0.2) is 0 Å². The molecule has 0 bridgehead atoms. The number of carbonyl (C=O) groups excluding carboxylic acids is 2. The van der Waals surface area contributed by atoms with E-state index in [-0.39, 0.29) is 15.8 Å². The van der Waals surface area contributed by atoms with Gasteiger partial charge in [0.1, 0.15) is 5.75 Å². The van der Waals surface area contributed by atoms with Crippen LogP contribution in [0.4, 0.5) is 0 Å². The molecule has 0 aliphatic carbocycles. The van der Waals surface area contributed by atoms with Crippen LogP contribution in [0.3, 0.4) is 0 Å². The predicted octanol–water partition coefficient (Wildman–Crippen LogP) is 2.96. The van der Waals surface area contributed by atoms with Gasteiger partial charge in [-0.05, 0) is 60.3 Å². The summed E-state index contributed by atoms with van der Waals surface area (Å²) >= 11 is 6.28. The summed E-state index contributed by atoms with van der Waals surface area (Å²) in [4.78, 5) is 25.4. The second-order valence-corrected chi connectivity index (χ2v) is 7.29. The van der Waals surface area contributed by atoms with E-state index in [1.54, 1.807) is 42.5 Å². The Hall–Kier alpha value is -3.04. The summed E-state index contributed by atoms with van der Waals surface area (Å²) in [5, 5.41) is 10.7. The highest BCUT2D eigenvalue weighted by Crippen LogP contribution is 2.33. The van der Waals surface area contributed by atoms with Gasteiger partial charge in [-0.2, -0.15) is 5.01 Å². The first-order valence-electron chi connectivity index (χ1n) is 8.03. The number of carbonyl (C=O) groups is 2. The van der Waals surface area contributed by atoms with E-state index in [1.807, 2.05) is 0 Å². The highest BCUT2D eigenvalue weighted by atomic mass is 32.2. The normalized spacial score (nSPS) is 15.1. The van der Waals surface area contributed by atoms with E-state index in [9.17, 15) is 14.7 Å². The van der Waals surface area contributed by atoms with Gasteiger partial charge in [0.15, 0.2) is 15.8 Å². The molecule has 1 aliphatic heterocycles. The molecular weight excluding hydrogens is 400 g/mol. The van der Waals surface area contributed by atoms with Gasteiger partial charge in [0, 0.05) is 5.56 Å². The van der Waals surface area contributed by atoms with Crippen LogP contribution in [0, 0.1) is 0 Å². The molecule has 2 aromatic carbocycles. The molecule has 9 heteroatoms. The summed E-state index contributed by atoms with van der Waals surface area (Å²) in [5.41, 5.74) is 3.53. The highest BCUT2D eigenvalue weighted by molar-refractivity contribution is 8.26. The second kappa shape index (κ2) is 8.32. The molecule has 1 aliphatic rings. The number of hydrazine groups is 1. The van der Waals surface area contributed by atoms with Crippen molar-refractivity contribution in [1.29, 1.82) is 0 Å². The number of hydrogen-bond acceptors (Lipinski definition) is 7. The number of phenols is 1. The van der Waals surface area contributed by atoms with Crippen molar-refractivity contribution in [1.82, 2.24) is 10.4 Å². The quantitative estimate of drug-likeness (QED) is 0.572. The number of amides is 2. The SMILES string of the molecule is COc1ccc(C(=O)NN2C(=O)/C(=C\c3ccc(O)c(OC)c3)SC2=S)cc1. The minimum absolute atomic E-state index is 0.000969. The van der Waals surface area contributed by atoms with Crippen molar-refractivity contribution in [3.8, 4) is 17.2 Å². The van der Waals surface area contributed by atoms with Gasteiger partial charge < -0.3 is 14.6 Å². The molecule has 0 aromatic heterocycles. The predicted molar refractivity (Wildman–Crippen MR) is 110 cm³/mol. The van der Waals surface area contributed by atoms with E-state index in [0.29, 0.717) is 21.8 Å². The zero-order valence-electron chi connectivity index (χ0n) is 15.0. The fourth-order valence-electron chi connectivity index (χ4n) is 2.41. The van der Waals surface area contributed by atoms with Crippen molar-refractivity contribution in [3.05, 3.63) is 58.5 Å². The molecule has 2 N–H and O–H groups in total.